The average Bonchev–Trinajstić information content (AvgIpc) is 2.45. The van der Waals surface area contributed by atoms with E-state index in [4.69, 9.17) is 16.7 Å². The van der Waals surface area contributed by atoms with Crippen molar-refractivity contribution in [1.82, 2.24) is 4.98 Å². The molecule has 0 saturated carbocycles. The van der Waals surface area contributed by atoms with Crippen LogP contribution in [0.5, 0.6) is 0 Å². The summed E-state index contributed by atoms with van der Waals surface area (Å²) in [5.74, 6) is -1.53. The maximum absolute atomic E-state index is 12.3. The Morgan fingerprint density at radius 2 is 1.95 bits per heavy atom. The molecule has 2 rings (SSSR count). The van der Waals surface area contributed by atoms with Gasteiger partial charge < -0.3 is 10.0 Å². The number of aromatic nitrogens is 1. The number of hydrogen-bond acceptors (Lipinski definition) is 3. The van der Waals surface area contributed by atoms with Crippen LogP contribution in [0.25, 0.3) is 0 Å². The number of nitrogens with zero attached hydrogens (tertiary/aromatic N) is 2. The second-order valence-corrected chi connectivity index (χ2v) is 4.48. The Morgan fingerprint density at radius 1 is 1.25 bits per heavy atom. The number of carbonyl (C=O) groups excluding carboxylic acids is 1. The number of halogens is 1. The molecule has 0 aliphatic carbocycles. The smallest absolute Gasteiger partial charge is 0.337 e. The molecule has 1 N–H and O–H groups in total. The molecule has 0 unspecified atom stereocenters. The standard InChI is InChI=1S/C14H11ClN2O3/c1-17(12-5-3-2-4-10(12)14(19)20)13(18)11-8-9(15)6-7-16-11/h2-8H,1H3,(H,19,20). The molecule has 1 aromatic carbocycles. The second-order valence-electron chi connectivity index (χ2n) is 4.05. The zero-order chi connectivity index (χ0) is 14.7. The minimum Gasteiger partial charge on any atom is -0.478 e. The molecule has 5 nitrogen and oxygen atoms in total. The number of aromatic carboxylic acids is 1. The van der Waals surface area contributed by atoms with Gasteiger partial charge in [-0.2, -0.15) is 0 Å². The fourth-order valence-corrected chi connectivity index (χ4v) is 1.91. The Morgan fingerprint density at radius 3 is 2.60 bits per heavy atom. The molecular formula is C14H11ClN2O3. The average molecular weight is 291 g/mol. The zero-order valence-electron chi connectivity index (χ0n) is 10.6. The van der Waals surface area contributed by atoms with Gasteiger partial charge in [0.15, 0.2) is 0 Å². The molecule has 1 amide bonds. The van der Waals surface area contributed by atoms with Crippen molar-refractivity contribution < 1.29 is 14.7 Å². The zero-order valence-corrected chi connectivity index (χ0v) is 11.3. The third-order valence-corrected chi connectivity index (χ3v) is 2.98. The van der Waals surface area contributed by atoms with E-state index in [9.17, 15) is 9.59 Å². The van der Waals surface area contributed by atoms with Gasteiger partial charge in [-0.3, -0.25) is 9.78 Å². The van der Waals surface area contributed by atoms with Crippen molar-refractivity contribution in [3.05, 3.63) is 58.9 Å². The lowest BCUT2D eigenvalue weighted by atomic mass is 10.1. The topological polar surface area (TPSA) is 70.5 Å². The number of benzene rings is 1. The highest BCUT2D eigenvalue weighted by molar-refractivity contribution is 6.31. The van der Waals surface area contributed by atoms with E-state index in [1.165, 1.54) is 30.3 Å². The molecule has 0 fully saturated rings. The Hall–Kier alpha value is -2.40. The first-order valence-electron chi connectivity index (χ1n) is 5.72. The Kier molecular flexibility index (Phi) is 4.00. The van der Waals surface area contributed by atoms with E-state index in [0.29, 0.717) is 10.7 Å². The minimum atomic E-state index is -1.10. The molecule has 0 saturated heterocycles. The van der Waals surface area contributed by atoms with Crippen molar-refractivity contribution in [3.8, 4) is 0 Å². The van der Waals surface area contributed by atoms with E-state index in [1.807, 2.05) is 0 Å². The number of hydrogen-bond donors (Lipinski definition) is 1. The molecule has 2 aromatic rings. The van der Waals surface area contributed by atoms with Crippen LogP contribution < -0.4 is 4.90 Å². The number of anilines is 1. The van der Waals surface area contributed by atoms with E-state index < -0.39 is 11.9 Å². The quantitative estimate of drug-likeness (QED) is 0.943. The summed E-state index contributed by atoms with van der Waals surface area (Å²) in [4.78, 5) is 28.6. The van der Waals surface area contributed by atoms with Crippen molar-refractivity contribution in [2.45, 2.75) is 0 Å². The van der Waals surface area contributed by atoms with Gasteiger partial charge in [0.2, 0.25) is 0 Å². The molecule has 102 valence electrons. The van der Waals surface area contributed by atoms with E-state index in [1.54, 1.807) is 24.3 Å². The number of carboxylic acids is 1. The van der Waals surface area contributed by atoms with Gasteiger partial charge in [-0.25, -0.2) is 4.79 Å². The lowest BCUT2D eigenvalue weighted by Crippen LogP contribution is -2.28. The maximum Gasteiger partial charge on any atom is 0.337 e. The molecular weight excluding hydrogens is 280 g/mol. The molecule has 6 heteroatoms. The van der Waals surface area contributed by atoms with Crippen LogP contribution in [0, 0.1) is 0 Å². The van der Waals surface area contributed by atoms with Gasteiger partial charge in [0.1, 0.15) is 5.69 Å². The number of carbonyl (C=O) groups is 2. The number of amides is 1. The summed E-state index contributed by atoms with van der Waals surface area (Å²) >= 11 is 5.82. The van der Waals surface area contributed by atoms with Gasteiger partial charge >= 0.3 is 5.97 Å². The van der Waals surface area contributed by atoms with E-state index in [0.717, 1.165) is 0 Å². The van der Waals surface area contributed by atoms with Crippen LogP contribution >= 0.6 is 11.6 Å². The van der Waals surface area contributed by atoms with Crippen LogP contribution in [-0.2, 0) is 0 Å². The molecule has 1 heterocycles. The number of pyridine rings is 1. The largest absolute Gasteiger partial charge is 0.478 e. The third-order valence-electron chi connectivity index (χ3n) is 2.74. The van der Waals surface area contributed by atoms with E-state index in [-0.39, 0.29) is 11.3 Å². The first kappa shape index (κ1) is 14.0. The van der Waals surface area contributed by atoms with Crippen molar-refractivity contribution in [2.24, 2.45) is 0 Å². The predicted molar refractivity (Wildman–Crippen MR) is 75.4 cm³/mol. The van der Waals surface area contributed by atoms with Gasteiger partial charge in [-0.1, -0.05) is 23.7 Å². The van der Waals surface area contributed by atoms with Gasteiger partial charge in [-0.05, 0) is 24.3 Å². The Bertz CT molecular complexity index is 673. The predicted octanol–water partition coefficient (Wildman–Crippen LogP) is 2.71. The van der Waals surface area contributed by atoms with Crippen LogP contribution in [0.15, 0.2) is 42.6 Å². The first-order chi connectivity index (χ1) is 9.50. The summed E-state index contributed by atoms with van der Waals surface area (Å²) in [7, 11) is 1.49. The fraction of sp³-hybridized carbons (Fsp3) is 0.0714. The highest BCUT2D eigenvalue weighted by Crippen LogP contribution is 2.21. The molecule has 0 aliphatic rings. The molecule has 0 aliphatic heterocycles. The van der Waals surface area contributed by atoms with Crippen LogP contribution in [0.4, 0.5) is 5.69 Å². The highest BCUT2D eigenvalue weighted by Gasteiger charge is 2.20. The van der Waals surface area contributed by atoms with Crippen LogP contribution in [0.3, 0.4) is 0 Å². The van der Waals surface area contributed by atoms with Gasteiger partial charge in [-0.15, -0.1) is 0 Å². The maximum atomic E-state index is 12.3. The highest BCUT2D eigenvalue weighted by atomic mass is 35.5. The van der Waals surface area contributed by atoms with Crippen molar-refractivity contribution in [3.63, 3.8) is 0 Å². The second kappa shape index (κ2) is 5.71. The van der Waals surface area contributed by atoms with Crippen molar-refractivity contribution in [2.75, 3.05) is 11.9 Å². The summed E-state index contributed by atoms with van der Waals surface area (Å²) in [6.45, 7) is 0. The summed E-state index contributed by atoms with van der Waals surface area (Å²) in [6, 6.07) is 9.26. The monoisotopic (exact) mass is 290 g/mol. The Labute approximate surface area is 120 Å². The normalized spacial score (nSPS) is 10.1. The van der Waals surface area contributed by atoms with E-state index in [2.05, 4.69) is 4.98 Å². The van der Waals surface area contributed by atoms with Crippen molar-refractivity contribution >= 4 is 29.2 Å². The summed E-state index contributed by atoms with van der Waals surface area (Å²) in [5.41, 5.74) is 0.498. The summed E-state index contributed by atoms with van der Waals surface area (Å²) in [5, 5.41) is 9.53. The van der Waals surface area contributed by atoms with Gasteiger partial charge in [0.25, 0.3) is 5.91 Å². The van der Waals surface area contributed by atoms with Crippen LogP contribution in [0.1, 0.15) is 20.8 Å². The van der Waals surface area contributed by atoms with Gasteiger partial charge in [0, 0.05) is 18.3 Å². The van der Waals surface area contributed by atoms with Crippen LogP contribution in [-0.4, -0.2) is 29.0 Å². The van der Waals surface area contributed by atoms with Crippen LogP contribution in [0.2, 0.25) is 5.02 Å². The molecule has 0 spiro atoms. The third kappa shape index (κ3) is 2.78. The summed E-state index contributed by atoms with van der Waals surface area (Å²) in [6.07, 6.45) is 1.42. The number of carboxylic acid groups (broad SMARTS) is 1. The first-order valence-corrected chi connectivity index (χ1v) is 6.10. The SMILES string of the molecule is CN(C(=O)c1cc(Cl)ccn1)c1ccccc1C(=O)O. The summed E-state index contributed by atoms with van der Waals surface area (Å²) < 4.78 is 0. The minimum absolute atomic E-state index is 0.0466. The fourth-order valence-electron chi connectivity index (χ4n) is 1.75. The number of para-hydroxylation sites is 1. The lowest BCUT2D eigenvalue weighted by molar-refractivity contribution is 0.0697. The van der Waals surface area contributed by atoms with Gasteiger partial charge in [0.05, 0.1) is 11.3 Å². The molecule has 1 aromatic heterocycles. The molecule has 0 radical (unpaired) electrons. The van der Waals surface area contributed by atoms with Crippen molar-refractivity contribution in [1.29, 1.82) is 0 Å². The molecule has 0 bridgehead atoms. The molecule has 0 atom stereocenters. The Balaban J connectivity index is 2.39. The number of rotatable bonds is 3. The lowest BCUT2D eigenvalue weighted by Gasteiger charge is -2.18. The molecule has 20 heavy (non-hydrogen) atoms. The van der Waals surface area contributed by atoms with E-state index >= 15 is 0 Å².